The van der Waals surface area contributed by atoms with E-state index in [4.69, 9.17) is 9.05 Å². The number of quaternary nitrogens is 1. The van der Waals surface area contributed by atoms with E-state index >= 15 is 0 Å². The Bertz CT molecular complexity index is 473. The number of rotatable bonds is 27. The van der Waals surface area contributed by atoms with Crippen molar-refractivity contribution in [2.75, 3.05) is 40.4 Å². The summed E-state index contributed by atoms with van der Waals surface area (Å²) < 4.78 is 23.3. The quantitative estimate of drug-likeness (QED) is 0.0686. The Morgan fingerprint density at radius 1 is 0.529 bits per heavy atom. The minimum Gasteiger partial charge on any atom is -0.327 e. The number of unbranched alkanes of at least 4 members (excludes halogenated alkanes) is 18. The van der Waals surface area contributed by atoms with Crippen LogP contribution in [0.4, 0.5) is 0 Å². The van der Waals surface area contributed by atoms with Crippen molar-refractivity contribution in [3.05, 3.63) is 0 Å². The van der Waals surface area contributed by atoms with Crippen molar-refractivity contribution in [3.8, 4) is 0 Å². The maximum Gasteiger partial charge on any atom is 0.472 e. The molecule has 0 heterocycles. The lowest BCUT2D eigenvalue weighted by atomic mass is 10.1. The molecule has 6 heteroatoms. The van der Waals surface area contributed by atoms with Crippen molar-refractivity contribution < 1.29 is 23.0 Å². The molecule has 34 heavy (non-hydrogen) atoms. The number of hydrogen-bond acceptors (Lipinski definition) is 3. The summed E-state index contributed by atoms with van der Waals surface area (Å²) in [7, 11) is 0.421. The summed E-state index contributed by atoms with van der Waals surface area (Å²) in [5.41, 5.74) is 0. The molecule has 0 amide bonds. The fourth-order valence-corrected chi connectivity index (χ4v) is 5.10. The molecule has 0 radical (unpaired) electrons. The van der Waals surface area contributed by atoms with Gasteiger partial charge in [-0.1, -0.05) is 123 Å². The van der Waals surface area contributed by atoms with Crippen molar-refractivity contribution in [3.63, 3.8) is 0 Å². The minimum atomic E-state index is -3.92. The lowest BCUT2D eigenvalue weighted by molar-refractivity contribution is -0.890. The monoisotopic (exact) mass is 506 g/mol. The highest BCUT2D eigenvalue weighted by Crippen LogP contribution is 2.43. The van der Waals surface area contributed by atoms with E-state index in [9.17, 15) is 9.46 Å². The molecule has 206 valence electrons. The van der Waals surface area contributed by atoms with E-state index in [0.717, 1.165) is 30.4 Å². The van der Waals surface area contributed by atoms with Gasteiger partial charge in [-0.05, 0) is 19.3 Å². The van der Waals surface area contributed by atoms with Crippen LogP contribution in [-0.4, -0.2) is 49.8 Å². The van der Waals surface area contributed by atoms with Crippen LogP contribution < -0.4 is 0 Å². The van der Waals surface area contributed by atoms with Gasteiger partial charge in [-0.2, -0.15) is 0 Å². The fraction of sp³-hybridized carbons (Fsp3) is 1.00. The Kier molecular flexibility index (Phi) is 23.5. The second kappa shape index (κ2) is 23.5. The molecule has 0 saturated heterocycles. The molecule has 0 spiro atoms. The third-order valence-electron chi connectivity index (χ3n) is 6.82. The predicted molar refractivity (Wildman–Crippen MR) is 147 cm³/mol. The van der Waals surface area contributed by atoms with Gasteiger partial charge in [0.15, 0.2) is 0 Å². The standard InChI is InChI=1S/C28H60NO4P/c1-5-7-9-11-13-15-17-19-21-23-25-29(3,4)26-28-33-34(30,31)32-27-24-22-20-18-16-14-12-10-8-6-2/h5-28H2,1-4H3/p+1. The Labute approximate surface area is 213 Å². The van der Waals surface area contributed by atoms with Crippen molar-refractivity contribution in [2.45, 2.75) is 142 Å². The first-order chi connectivity index (χ1) is 16.3. The predicted octanol–water partition coefficient (Wildman–Crippen LogP) is 9.04. The Morgan fingerprint density at radius 3 is 1.32 bits per heavy atom. The molecular formula is C28H61NO4P+. The van der Waals surface area contributed by atoms with Gasteiger partial charge < -0.3 is 9.38 Å². The fourth-order valence-electron chi connectivity index (χ4n) is 4.35. The molecule has 0 saturated carbocycles. The topological polar surface area (TPSA) is 55.8 Å². The summed E-state index contributed by atoms with van der Waals surface area (Å²) in [5.74, 6) is 0. The third-order valence-corrected chi connectivity index (χ3v) is 7.84. The lowest BCUT2D eigenvalue weighted by Crippen LogP contribution is -2.42. The zero-order valence-electron chi connectivity index (χ0n) is 23.5. The molecule has 0 rings (SSSR count). The van der Waals surface area contributed by atoms with Crippen LogP contribution in [-0.2, 0) is 13.6 Å². The van der Waals surface area contributed by atoms with Crippen LogP contribution in [0.2, 0.25) is 0 Å². The molecule has 1 N–H and O–H groups in total. The summed E-state index contributed by atoms with van der Waals surface area (Å²) in [6.45, 7) is 6.89. The summed E-state index contributed by atoms with van der Waals surface area (Å²) in [6.07, 6.45) is 25.8. The molecule has 0 aromatic heterocycles. The van der Waals surface area contributed by atoms with Gasteiger partial charge >= 0.3 is 7.82 Å². The van der Waals surface area contributed by atoms with Gasteiger partial charge in [0, 0.05) is 0 Å². The van der Waals surface area contributed by atoms with E-state index in [1.165, 1.54) is 116 Å². The molecule has 5 nitrogen and oxygen atoms in total. The van der Waals surface area contributed by atoms with Crippen LogP contribution in [0.3, 0.4) is 0 Å². The molecule has 1 unspecified atom stereocenters. The van der Waals surface area contributed by atoms with E-state index in [-0.39, 0.29) is 6.61 Å². The number of phosphoric acid groups is 1. The van der Waals surface area contributed by atoms with Gasteiger partial charge in [0.2, 0.25) is 0 Å². The van der Waals surface area contributed by atoms with Crippen LogP contribution in [0.1, 0.15) is 142 Å². The van der Waals surface area contributed by atoms with Crippen LogP contribution in [0.25, 0.3) is 0 Å². The van der Waals surface area contributed by atoms with Gasteiger partial charge in [0.25, 0.3) is 0 Å². The first-order valence-corrected chi connectivity index (χ1v) is 16.3. The number of likely N-dealkylation sites (N-methyl/N-ethyl adjacent to an activating group) is 1. The highest BCUT2D eigenvalue weighted by Gasteiger charge is 2.23. The molecule has 0 aromatic carbocycles. The summed E-state index contributed by atoms with van der Waals surface area (Å²) >= 11 is 0. The summed E-state index contributed by atoms with van der Waals surface area (Å²) in [4.78, 5) is 9.92. The lowest BCUT2D eigenvalue weighted by Gasteiger charge is -2.29. The molecule has 0 bridgehead atoms. The van der Waals surface area contributed by atoms with E-state index in [0.29, 0.717) is 6.61 Å². The Hall–Kier alpha value is 0.0700. The smallest absolute Gasteiger partial charge is 0.327 e. The zero-order chi connectivity index (χ0) is 25.4. The highest BCUT2D eigenvalue weighted by atomic mass is 31.2. The number of nitrogens with zero attached hydrogens (tertiary/aromatic N) is 1. The van der Waals surface area contributed by atoms with E-state index in [2.05, 4.69) is 27.9 Å². The average Bonchev–Trinajstić information content (AvgIpc) is 2.78. The van der Waals surface area contributed by atoms with Crippen molar-refractivity contribution >= 4 is 7.82 Å². The SMILES string of the molecule is CCCCCCCCCCCCOP(=O)(O)OCC[N+](C)(C)CCCCCCCCCCCC. The molecule has 0 aliphatic rings. The van der Waals surface area contributed by atoms with Gasteiger partial charge in [-0.25, -0.2) is 4.57 Å². The molecule has 0 aromatic rings. The normalized spacial score (nSPS) is 13.9. The van der Waals surface area contributed by atoms with E-state index in [1.807, 2.05) is 0 Å². The molecule has 0 fully saturated rings. The third kappa shape index (κ3) is 25.2. The Morgan fingerprint density at radius 2 is 0.882 bits per heavy atom. The van der Waals surface area contributed by atoms with Gasteiger partial charge in [0.1, 0.15) is 13.2 Å². The molecule has 1 atom stereocenters. The van der Waals surface area contributed by atoms with Gasteiger partial charge in [0.05, 0.1) is 27.2 Å². The highest BCUT2D eigenvalue weighted by molar-refractivity contribution is 7.47. The summed E-state index contributed by atoms with van der Waals surface area (Å²) in [6, 6.07) is 0. The van der Waals surface area contributed by atoms with Crippen molar-refractivity contribution in [1.29, 1.82) is 0 Å². The van der Waals surface area contributed by atoms with E-state index < -0.39 is 7.82 Å². The zero-order valence-corrected chi connectivity index (χ0v) is 24.4. The van der Waals surface area contributed by atoms with Gasteiger partial charge in [-0.3, -0.25) is 9.05 Å². The molecule has 0 aliphatic carbocycles. The second-order valence-corrected chi connectivity index (χ2v) is 12.3. The number of hydrogen-bond donors (Lipinski definition) is 1. The Balaban J connectivity index is 3.60. The maximum absolute atomic E-state index is 12.1. The van der Waals surface area contributed by atoms with Crippen molar-refractivity contribution in [2.24, 2.45) is 0 Å². The largest absolute Gasteiger partial charge is 0.472 e. The van der Waals surface area contributed by atoms with E-state index in [1.54, 1.807) is 0 Å². The van der Waals surface area contributed by atoms with Gasteiger partial charge in [-0.15, -0.1) is 0 Å². The first-order valence-electron chi connectivity index (χ1n) is 14.8. The maximum atomic E-state index is 12.1. The summed E-state index contributed by atoms with van der Waals surface area (Å²) in [5, 5.41) is 0. The minimum absolute atomic E-state index is 0.260. The first kappa shape index (κ1) is 34.1. The average molecular weight is 507 g/mol. The molecular weight excluding hydrogens is 445 g/mol. The number of phosphoric ester groups is 1. The second-order valence-electron chi connectivity index (χ2n) is 10.9. The van der Waals surface area contributed by atoms with Crippen LogP contribution >= 0.6 is 7.82 Å². The van der Waals surface area contributed by atoms with Crippen LogP contribution in [0, 0.1) is 0 Å². The van der Waals surface area contributed by atoms with Crippen LogP contribution in [0.15, 0.2) is 0 Å². The van der Waals surface area contributed by atoms with Crippen LogP contribution in [0.5, 0.6) is 0 Å². The van der Waals surface area contributed by atoms with Crippen molar-refractivity contribution in [1.82, 2.24) is 0 Å². The molecule has 0 aliphatic heterocycles.